The van der Waals surface area contributed by atoms with Crippen LogP contribution in [-0.4, -0.2) is 16.4 Å². The third kappa shape index (κ3) is 3.18. The van der Waals surface area contributed by atoms with E-state index < -0.39 is 5.54 Å². The molecule has 0 aliphatic rings. The number of nitrogens with two attached hydrogens (primary N) is 1. The van der Waals surface area contributed by atoms with Gasteiger partial charge in [-0.1, -0.05) is 11.6 Å². The Labute approximate surface area is 93.8 Å². The van der Waals surface area contributed by atoms with Gasteiger partial charge >= 0.3 is 0 Å². The lowest BCUT2D eigenvalue weighted by molar-refractivity contribution is -0.120. The van der Waals surface area contributed by atoms with Crippen LogP contribution in [0.15, 0.2) is 12.1 Å². The molecule has 15 heavy (non-hydrogen) atoms. The highest BCUT2D eigenvalue weighted by Gasteiger charge is 2.22. The molecular formula is C10H14ClN3O. The third-order valence-electron chi connectivity index (χ3n) is 1.89. The number of hydrogen-bond donors (Lipinski definition) is 2. The molecule has 0 spiro atoms. The smallest absolute Gasteiger partial charge is 0.243 e. The second-order valence-electron chi connectivity index (χ2n) is 3.94. The molecule has 0 radical (unpaired) electrons. The summed E-state index contributed by atoms with van der Waals surface area (Å²) in [4.78, 5) is 15.6. The van der Waals surface area contributed by atoms with Crippen molar-refractivity contribution in [1.29, 1.82) is 0 Å². The van der Waals surface area contributed by atoms with E-state index in [1.807, 2.05) is 0 Å². The molecule has 4 nitrogen and oxygen atoms in total. The van der Waals surface area contributed by atoms with Gasteiger partial charge < -0.3 is 11.1 Å². The third-order valence-corrected chi connectivity index (χ3v) is 2.10. The molecule has 0 aliphatic carbocycles. The topological polar surface area (TPSA) is 68.0 Å². The Morgan fingerprint density at radius 2 is 2.13 bits per heavy atom. The van der Waals surface area contributed by atoms with Crippen molar-refractivity contribution in [2.45, 2.75) is 26.3 Å². The number of pyridine rings is 1. The molecule has 0 saturated carbocycles. The summed E-state index contributed by atoms with van der Waals surface area (Å²) >= 11 is 5.69. The lowest BCUT2D eigenvalue weighted by Crippen LogP contribution is -2.45. The first-order chi connectivity index (χ1) is 6.80. The van der Waals surface area contributed by atoms with Crippen LogP contribution in [0.3, 0.4) is 0 Å². The lowest BCUT2D eigenvalue weighted by Gasteiger charge is -2.18. The maximum atomic E-state index is 11.6. The normalized spacial score (nSPS) is 11.3. The number of carbonyl (C=O) groups excluding carboxylic acids is 1. The van der Waals surface area contributed by atoms with Crippen molar-refractivity contribution < 1.29 is 4.79 Å². The molecule has 0 unspecified atom stereocenters. The Balaban J connectivity index is 2.87. The lowest BCUT2D eigenvalue weighted by atomic mass is 10.1. The summed E-state index contributed by atoms with van der Waals surface area (Å²) in [5, 5.41) is 3.09. The minimum Gasteiger partial charge on any atom is -0.323 e. The molecule has 0 atom stereocenters. The number of hydrogen-bond acceptors (Lipinski definition) is 3. The van der Waals surface area contributed by atoms with Crippen LogP contribution < -0.4 is 11.1 Å². The predicted molar refractivity (Wildman–Crippen MR) is 60.9 cm³/mol. The molecule has 5 heteroatoms. The zero-order valence-corrected chi connectivity index (χ0v) is 9.72. The SMILES string of the molecule is Cc1nc(Cl)ccc1NC(=O)C(C)(C)N. The summed E-state index contributed by atoms with van der Waals surface area (Å²) in [5.74, 6) is -0.255. The van der Waals surface area contributed by atoms with Crippen molar-refractivity contribution in [2.24, 2.45) is 5.73 Å². The van der Waals surface area contributed by atoms with E-state index in [-0.39, 0.29) is 5.91 Å². The van der Waals surface area contributed by atoms with Gasteiger partial charge in [0.2, 0.25) is 5.91 Å². The van der Waals surface area contributed by atoms with Crippen LogP contribution in [0.2, 0.25) is 5.15 Å². The summed E-state index contributed by atoms with van der Waals surface area (Å²) in [5.41, 5.74) is 6.03. The van der Waals surface area contributed by atoms with Crippen molar-refractivity contribution in [2.75, 3.05) is 5.32 Å². The molecule has 1 aromatic rings. The first-order valence-corrected chi connectivity index (χ1v) is 4.92. The van der Waals surface area contributed by atoms with Gasteiger partial charge in [-0.15, -0.1) is 0 Å². The van der Waals surface area contributed by atoms with E-state index in [1.54, 1.807) is 32.9 Å². The van der Waals surface area contributed by atoms with Crippen LogP contribution in [0.5, 0.6) is 0 Å². The van der Waals surface area contributed by atoms with Crippen LogP contribution in [-0.2, 0) is 4.79 Å². The highest BCUT2D eigenvalue weighted by atomic mass is 35.5. The first kappa shape index (κ1) is 11.9. The molecule has 0 bridgehead atoms. The molecule has 0 saturated heterocycles. The van der Waals surface area contributed by atoms with Gasteiger partial charge in [0.25, 0.3) is 0 Å². The first-order valence-electron chi connectivity index (χ1n) is 4.54. The fraction of sp³-hybridized carbons (Fsp3) is 0.400. The maximum absolute atomic E-state index is 11.6. The summed E-state index contributed by atoms with van der Waals surface area (Å²) in [6, 6.07) is 3.32. The number of aryl methyl sites for hydroxylation is 1. The average Bonchev–Trinajstić information content (AvgIpc) is 2.08. The predicted octanol–water partition coefficient (Wildman–Crippen LogP) is 1.72. The van der Waals surface area contributed by atoms with Crippen LogP contribution in [0, 0.1) is 6.92 Å². The molecule has 1 aromatic heterocycles. The Bertz CT molecular complexity index is 385. The van der Waals surface area contributed by atoms with E-state index in [9.17, 15) is 4.79 Å². The molecular weight excluding hydrogens is 214 g/mol. The number of nitrogens with zero attached hydrogens (tertiary/aromatic N) is 1. The quantitative estimate of drug-likeness (QED) is 0.756. The number of amides is 1. The summed E-state index contributed by atoms with van der Waals surface area (Å²) in [6.07, 6.45) is 0. The molecule has 0 fully saturated rings. The monoisotopic (exact) mass is 227 g/mol. The van der Waals surface area contributed by atoms with Crippen molar-refractivity contribution in [3.05, 3.63) is 23.0 Å². The highest BCUT2D eigenvalue weighted by Crippen LogP contribution is 2.16. The highest BCUT2D eigenvalue weighted by molar-refractivity contribution is 6.29. The second kappa shape index (κ2) is 4.16. The van der Waals surface area contributed by atoms with Crippen molar-refractivity contribution >= 4 is 23.2 Å². The minimum atomic E-state index is -0.911. The number of rotatable bonds is 2. The van der Waals surface area contributed by atoms with E-state index in [4.69, 9.17) is 17.3 Å². The molecule has 0 aromatic carbocycles. The van der Waals surface area contributed by atoms with Gasteiger partial charge in [0.1, 0.15) is 5.15 Å². The molecule has 3 N–H and O–H groups in total. The zero-order valence-electron chi connectivity index (χ0n) is 8.97. The number of nitrogens with one attached hydrogen (secondary N) is 1. The van der Waals surface area contributed by atoms with Crippen molar-refractivity contribution in [3.8, 4) is 0 Å². The molecule has 0 aliphatic heterocycles. The van der Waals surface area contributed by atoms with Gasteiger partial charge in [0, 0.05) is 0 Å². The number of halogens is 1. The largest absolute Gasteiger partial charge is 0.323 e. The number of aromatic nitrogens is 1. The van der Waals surface area contributed by atoms with E-state index in [0.717, 1.165) is 0 Å². The Kier molecular flexibility index (Phi) is 3.31. The molecule has 1 rings (SSSR count). The second-order valence-corrected chi connectivity index (χ2v) is 4.33. The van der Waals surface area contributed by atoms with Gasteiger partial charge in [-0.25, -0.2) is 4.98 Å². The maximum Gasteiger partial charge on any atom is 0.243 e. The van der Waals surface area contributed by atoms with Gasteiger partial charge in [-0.3, -0.25) is 4.79 Å². The summed E-state index contributed by atoms with van der Waals surface area (Å²) in [7, 11) is 0. The molecule has 82 valence electrons. The fourth-order valence-corrected chi connectivity index (χ4v) is 1.14. The van der Waals surface area contributed by atoms with Crippen molar-refractivity contribution in [1.82, 2.24) is 4.98 Å². The number of anilines is 1. The van der Waals surface area contributed by atoms with Crippen LogP contribution in [0.25, 0.3) is 0 Å². The Morgan fingerprint density at radius 1 is 1.53 bits per heavy atom. The fourth-order valence-electron chi connectivity index (χ4n) is 0.946. The van der Waals surface area contributed by atoms with Crippen molar-refractivity contribution in [3.63, 3.8) is 0 Å². The van der Waals surface area contributed by atoms with E-state index in [1.165, 1.54) is 0 Å². The van der Waals surface area contributed by atoms with Gasteiger partial charge in [0.05, 0.1) is 16.9 Å². The molecule has 1 heterocycles. The van der Waals surface area contributed by atoms with E-state index in [0.29, 0.717) is 16.5 Å². The minimum absolute atomic E-state index is 0.255. The van der Waals surface area contributed by atoms with Gasteiger partial charge in [0.15, 0.2) is 0 Å². The van der Waals surface area contributed by atoms with E-state index >= 15 is 0 Å². The van der Waals surface area contributed by atoms with Crippen LogP contribution in [0.1, 0.15) is 19.5 Å². The Hall–Kier alpha value is -1.13. The Morgan fingerprint density at radius 3 is 2.60 bits per heavy atom. The summed E-state index contributed by atoms with van der Waals surface area (Å²) < 4.78 is 0. The zero-order chi connectivity index (χ0) is 11.6. The van der Waals surface area contributed by atoms with Crippen LogP contribution >= 0.6 is 11.6 Å². The summed E-state index contributed by atoms with van der Waals surface area (Å²) in [6.45, 7) is 5.05. The molecule has 1 amide bonds. The standard InChI is InChI=1S/C10H14ClN3O/c1-6-7(4-5-8(11)13-6)14-9(15)10(2,3)12/h4-5H,12H2,1-3H3,(H,14,15). The number of carbonyl (C=O) groups is 1. The van der Waals surface area contributed by atoms with Crippen LogP contribution in [0.4, 0.5) is 5.69 Å². The van der Waals surface area contributed by atoms with Gasteiger partial charge in [-0.2, -0.15) is 0 Å². The average molecular weight is 228 g/mol. The van der Waals surface area contributed by atoms with Gasteiger partial charge in [-0.05, 0) is 32.9 Å². The van der Waals surface area contributed by atoms with E-state index in [2.05, 4.69) is 10.3 Å².